The van der Waals surface area contributed by atoms with Crippen LogP contribution in [0.3, 0.4) is 0 Å². The lowest BCUT2D eigenvalue weighted by Crippen LogP contribution is -2.11. The van der Waals surface area contributed by atoms with Gasteiger partial charge in [-0.15, -0.1) is 0 Å². The van der Waals surface area contributed by atoms with E-state index in [4.69, 9.17) is 4.74 Å². The Balaban J connectivity index is 2.23. The van der Waals surface area contributed by atoms with Crippen LogP contribution >= 0.6 is 15.9 Å². The molecule has 0 aliphatic rings. The van der Waals surface area contributed by atoms with Gasteiger partial charge in [0.25, 0.3) is 0 Å². The van der Waals surface area contributed by atoms with Gasteiger partial charge in [0.2, 0.25) is 0 Å². The molecule has 0 radical (unpaired) electrons. The summed E-state index contributed by atoms with van der Waals surface area (Å²) in [4.78, 5) is 0. The third-order valence-electron chi connectivity index (χ3n) is 2.86. The molecule has 21 heavy (non-hydrogen) atoms. The SMILES string of the molecule is CCNCc1ccc(Oc2ccc(F)c(Br)c2)c(C#N)c1. The van der Waals surface area contributed by atoms with E-state index in [1.807, 2.05) is 13.0 Å². The van der Waals surface area contributed by atoms with Gasteiger partial charge in [-0.25, -0.2) is 4.39 Å². The lowest BCUT2D eigenvalue weighted by molar-refractivity contribution is 0.478. The Kier molecular flexibility index (Phi) is 5.32. The number of ether oxygens (including phenoxy) is 1. The average Bonchev–Trinajstić information content (AvgIpc) is 2.50. The minimum absolute atomic E-state index is 0.322. The number of hydrogen-bond donors (Lipinski definition) is 1. The maximum Gasteiger partial charge on any atom is 0.145 e. The zero-order valence-corrected chi connectivity index (χ0v) is 13.1. The number of nitrogens with zero attached hydrogens (tertiary/aromatic N) is 1. The lowest BCUT2D eigenvalue weighted by Gasteiger charge is -2.10. The molecule has 2 rings (SSSR count). The molecule has 0 bridgehead atoms. The number of hydrogen-bond acceptors (Lipinski definition) is 3. The fourth-order valence-corrected chi connectivity index (χ4v) is 2.16. The molecule has 5 heteroatoms. The van der Waals surface area contributed by atoms with Gasteiger partial charge in [-0.2, -0.15) is 5.26 Å². The predicted octanol–water partition coefficient (Wildman–Crippen LogP) is 4.36. The number of nitrogens with one attached hydrogen (secondary N) is 1. The van der Waals surface area contributed by atoms with E-state index in [2.05, 4.69) is 27.3 Å². The summed E-state index contributed by atoms with van der Waals surface area (Å²) < 4.78 is 19.2. The van der Waals surface area contributed by atoms with E-state index in [1.54, 1.807) is 12.1 Å². The summed E-state index contributed by atoms with van der Waals surface area (Å²) in [5.41, 5.74) is 1.46. The van der Waals surface area contributed by atoms with Crippen LogP contribution in [-0.4, -0.2) is 6.54 Å². The Hall–Kier alpha value is -1.90. The van der Waals surface area contributed by atoms with Crippen molar-refractivity contribution >= 4 is 15.9 Å². The largest absolute Gasteiger partial charge is 0.456 e. The third kappa shape index (κ3) is 4.03. The number of rotatable bonds is 5. The minimum atomic E-state index is -0.358. The molecule has 0 aliphatic heterocycles. The van der Waals surface area contributed by atoms with E-state index in [0.29, 0.717) is 28.1 Å². The summed E-state index contributed by atoms with van der Waals surface area (Å²) in [5, 5.41) is 12.4. The highest BCUT2D eigenvalue weighted by Gasteiger charge is 2.08. The first kappa shape index (κ1) is 15.5. The maximum absolute atomic E-state index is 13.2. The van der Waals surface area contributed by atoms with Crippen molar-refractivity contribution in [2.75, 3.05) is 6.54 Å². The van der Waals surface area contributed by atoms with E-state index < -0.39 is 0 Å². The summed E-state index contributed by atoms with van der Waals surface area (Å²) >= 11 is 3.11. The summed E-state index contributed by atoms with van der Waals surface area (Å²) in [6.45, 7) is 3.59. The molecule has 2 aromatic carbocycles. The van der Waals surface area contributed by atoms with Crippen molar-refractivity contribution in [2.45, 2.75) is 13.5 Å². The monoisotopic (exact) mass is 348 g/mol. The highest BCUT2D eigenvalue weighted by Crippen LogP contribution is 2.29. The Morgan fingerprint density at radius 3 is 2.76 bits per heavy atom. The molecule has 108 valence electrons. The van der Waals surface area contributed by atoms with E-state index >= 15 is 0 Å². The highest BCUT2D eigenvalue weighted by molar-refractivity contribution is 9.10. The Bertz CT molecular complexity index is 682. The highest BCUT2D eigenvalue weighted by atomic mass is 79.9. The van der Waals surface area contributed by atoms with Gasteiger partial charge in [0.05, 0.1) is 10.0 Å². The van der Waals surface area contributed by atoms with Gasteiger partial charge in [-0.05, 0) is 58.4 Å². The quantitative estimate of drug-likeness (QED) is 0.872. The van der Waals surface area contributed by atoms with Crippen LogP contribution in [0.25, 0.3) is 0 Å². The molecule has 1 N–H and O–H groups in total. The second-order valence-electron chi connectivity index (χ2n) is 4.40. The molecule has 0 aromatic heterocycles. The molecule has 0 heterocycles. The summed E-state index contributed by atoms with van der Waals surface area (Å²) in [6.07, 6.45) is 0. The molecule has 0 fully saturated rings. The first-order valence-electron chi connectivity index (χ1n) is 6.50. The Morgan fingerprint density at radius 2 is 2.10 bits per heavy atom. The average molecular weight is 349 g/mol. The van der Waals surface area contributed by atoms with E-state index in [1.165, 1.54) is 18.2 Å². The van der Waals surface area contributed by atoms with Crippen LogP contribution in [0.1, 0.15) is 18.1 Å². The van der Waals surface area contributed by atoms with Gasteiger partial charge >= 0.3 is 0 Å². The van der Waals surface area contributed by atoms with Crippen molar-refractivity contribution in [2.24, 2.45) is 0 Å². The molecular weight excluding hydrogens is 335 g/mol. The second-order valence-corrected chi connectivity index (χ2v) is 5.25. The van der Waals surface area contributed by atoms with Crippen LogP contribution in [0, 0.1) is 17.1 Å². The van der Waals surface area contributed by atoms with Crippen LogP contribution in [-0.2, 0) is 6.54 Å². The van der Waals surface area contributed by atoms with Crippen LogP contribution in [0.2, 0.25) is 0 Å². The zero-order chi connectivity index (χ0) is 15.2. The number of nitriles is 1. The van der Waals surface area contributed by atoms with Crippen molar-refractivity contribution < 1.29 is 9.13 Å². The third-order valence-corrected chi connectivity index (χ3v) is 3.47. The minimum Gasteiger partial charge on any atom is -0.456 e. The normalized spacial score (nSPS) is 10.2. The summed E-state index contributed by atoms with van der Waals surface area (Å²) in [7, 11) is 0. The van der Waals surface area contributed by atoms with Gasteiger partial charge < -0.3 is 10.1 Å². The van der Waals surface area contributed by atoms with Crippen LogP contribution in [0.4, 0.5) is 4.39 Å². The van der Waals surface area contributed by atoms with Gasteiger partial charge in [-0.1, -0.05) is 13.0 Å². The topological polar surface area (TPSA) is 45.0 Å². The Labute approximate surface area is 131 Å². The molecular formula is C16H14BrFN2O. The van der Waals surface area contributed by atoms with Crippen molar-refractivity contribution in [3.8, 4) is 17.6 Å². The first-order chi connectivity index (χ1) is 10.1. The molecule has 0 spiro atoms. The maximum atomic E-state index is 13.2. The molecule has 0 saturated heterocycles. The lowest BCUT2D eigenvalue weighted by atomic mass is 10.1. The van der Waals surface area contributed by atoms with Gasteiger partial charge in [-0.3, -0.25) is 0 Å². The van der Waals surface area contributed by atoms with E-state index in [0.717, 1.165) is 12.1 Å². The molecule has 3 nitrogen and oxygen atoms in total. The van der Waals surface area contributed by atoms with Gasteiger partial charge in [0.1, 0.15) is 23.4 Å². The number of halogens is 2. The Morgan fingerprint density at radius 1 is 1.29 bits per heavy atom. The fraction of sp³-hybridized carbons (Fsp3) is 0.188. The van der Waals surface area contributed by atoms with Crippen molar-refractivity contribution in [1.82, 2.24) is 5.32 Å². The fourth-order valence-electron chi connectivity index (χ4n) is 1.80. The molecule has 0 amide bonds. The van der Waals surface area contributed by atoms with E-state index in [9.17, 15) is 9.65 Å². The van der Waals surface area contributed by atoms with Gasteiger partial charge in [0.15, 0.2) is 0 Å². The molecule has 0 aliphatic carbocycles. The summed E-state index contributed by atoms with van der Waals surface area (Å²) in [6, 6.07) is 11.9. The molecule has 0 saturated carbocycles. The molecule has 0 atom stereocenters. The van der Waals surface area contributed by atoms with Crippen molar-refractivity contribution in [1.29, 1.82) is 5.26 Å². The van der Waals surface area contributed by atoms with E-state index in [-0.39, 0.29) is 5.82 Å². The van der Waals surface area contributed by atoms with Crippen LogP contribution < -0.4 is 10.1 Å². The van der Waals surface area contributed by atoms with Crippen molar-refractivity contribution in [3.63, 3.8) is 0 Å². The first-order valence-corrected chi connectivity index (χ1v) is 7.30. The predicted molar refractivity (Wildman–Crippen MR) is 82.7 cm³/mol. The van der Waals surface area contributed by atoms with Crippen molar-refractivity contribution in [3.05, 3.63) is 57.8 Å². The summed E-state index contributed by atoms with van der Waals surface area (Å²) in [5.74, 6) is 0.569. The van der Waals surface area contributed by atoms with Gasteiger partial charge in [0, 0.05) is 6.54 Å². The smallest absolute Gasteiger partial charge is 0.145 e. The molecule has 0 unspecified atom stereocenters. The second kappa shape index (κ2) is 7.21. The van der Waals surface area contributed by atoms with Crippen LogP contribution in [0.15, 0.2) is 40.9 Å². The standard InChI is InChI=1S/C16H14BrFN2O/c1-2-20-10-11-3-6-16(12(7-11)9-19)21-13-4-5-15(18)14(17)8-13/h3-8,20H,2,10H2,1H3. The molecule has 2 aromatic rings. The zero-order valence-electron chi connectivity index (χ0n) is 11.5. The van der Waals surface area contributed by atoms with Crippen LogP contribution in [0.5, 0.6) is 11.5 Å². The number of benzene rings is 2.